The van der Waals surface area contributed by atoms with Crippen LogP contribution in [0.3, 0.4) is 0 Å². The average Bonchev–Trinajstić information content (AvgIpc) is 2.61. The summed E-state index contributed by atoms with van der Waals surface area (Å²) in [6, 6.07) is 14.1. The molecule has 0 aromatic heterocycles. The Balaban J connectivity index is 1.70. The molecule has 0 aliphatic carbocycles. The van der Waals surface area contributed by atoms with Gasteiger partial charge in [-0.05, 0) is 30.2 Å². The SMILES string of the molecule is COc1ccc(CC(=O)NCCSCc2cccc(C)c2)cc1OC. The van der Waals surface area contributed by atoms with Crippen LogP contribution >= 0.6 is 11.8 Å². The molecule has 2 aromatic rings. The maximum absolute atomic E-state index is 12.1. The third kappa shape index (κ3) is 6.35. The fourth-order valence-corrected chi connectivity index (χ4v) is 3.30. The first kappa shape index (κ1) is 19.2. The summed E-state index contributed by atoms with van der Waals surface area (Å²) < 4.78 is 10.5. The first-order valence-corrected chi connectivity index (χ1v) is 9.38. The molecule has 0 spiro atoms. The molecule has 0 unspecified atom stereocenters. The van der Waals surface area contributed by atoms with Crippen LogP contribution in [0.15, 0.2) is 42.5 Å². The molecule has 2 aromatic carbocycles. The molecule has 1 amide bonds. The van der Waals surface area contributed by atoms with E-state index in [1.165, 1.54) is 11.1 Å². The molecule has 0 atom stereocenters. The van der Waals surface area contributed by atoms with E-state index < -0.39 is 0 Å². The molecular weight excluding hydrogens is 334 g/mol. The van der Waals surface area contributed by atoms with Crippen molar-refractivity contribution < 1.29 is 14.3 Å². The molecule has 1 N–H and O–H groups in total. The van der Waals surface area contributed by atoms with E-state index in [1.807, 2.05) is 30.0 Å². The van der Waals surface area contributed by atoms with Crippen molar-refractivity contribution in [3.05, 3.63) is 59.2 Å². The molecule has 134 valence electrons. The quantitative estimate of drug-likeness (QED) is 0.695. The van der Waals surface area contributed by atoms with Crippen LogP contribution in [0.1, 0.15) is 16.7 Å². The highest BCUT2D eigenvalue weighted by Gasteiger charge is 2.08. The van der Waals surface area contributed by atoms with Crippen molar-refractivity contribution in [1.82, 2.24) is 5.32 Å². The molecule has 0 saturated heterocycles. The highest BCUT2D eigenvalue weighted by molar-refractivity contribution is 7.98. The molecule has 0 radical (unpaired) electrons. The first-order chi connectivity index (χ1) is 12.1. The molecular formula is C20H25NO3S. The molecule has 0 aliphatic rings. The minimum Gasteiger partial charge on any atom is -0.493 e. The van der Waals surface area contributed by atoms with Gasteiger partial charge in [-0.3, -0.25) is 4.79 Å². The van der Waals surface area contributed by atoms with E-state index in [-0.39, 0.29) is 5.91 Å². The lowest BCUT2D eigenvalue weighted by atomic mass is 10.1. The first-order valence-electron chi connectivity index (χ1n) is 8.23. The lowest BCUT2D eigenvalue weighted by molar-refractivity contribution is -0.120. The maximum Gasteiger partial charge on any atom is 0.224 e. The molecule has 4 nitrogen and oxygen atoms in total. The van der Waals surface area contributed by atoms with Gasteiger partial charge in [0.05, 0.1) is 20.6 Å². The van der Waals surface area contributed by atoms with Crippen molar-refractivity contribution in [3.63, 3.8) is 0 Å². The Hall–Kier alpha value is -2.14. The third-order valence-electron chi connectivity index (χ3n) is 3.73. The fourth-order valence-electron chi connectivity index (χ4n) is 2.49. The zero-order valence-corrected chi connectivity index (χ0v) is 15.8. The van der Waals surface area contributed by atoms with Gasteiger partial charge < -0.3 is 14.8 Å². The number of ether oxygens (including phenoxy) is 2. The predicted octanol–water partition coefficient (Wildman–Crippen LogP) is 3.60. The summed E-state index contributed by atoms with van der Waals surface area (Å²) >= 11 is 1.82. The van der Waals surface area contributed by atoms with Crippen LogP contribution in [0.25, 0.3) is 0 Å². The molecule has 0 bridgehead atoms. The summed E-state index contributed by atoms with van der Waals surface area (Å²) in [4.78, 5) is 12.1. The van der Waals surface area contributed by atoms with Crippen molar-refractivity contribution in [2.24, 2.45) is 0 Å². The summed E-state index contributed by atoms with van der Waals surface area (Å²) in [7, 11) is 3.19. The minimum absolute atomic E-state index is 0.0170. The number of carbonyl (C=O) groups is 1. The summed E-state index contributed by atoms with van der Waals surface area (Å²) in [5.74, 6) is 3.18. The Morgan fingerprint density at radius 2 is 1.84 bits per heavy atom. The van der Waals surface area contributed by atoms with Crippen LogP contribution < -0.4 is 14.8 Å². The number of rotatable bonds is 9. The highest BCUT2D eigenvalue weighted by Crippen LogP contribution is 2.27. The number of nitrogens with one attached hydrogen (secondary N) is 1. The summed E-state index contributed by atoms with van der Waals surface area (Å²) in [5.41, 5.74) is 3.51. The predicted molar refractivity (Wildman–Crippen MR) is 104 cm³/mol. The number of aryl methyl sites for hydroxylation is 1. The molecule has 0 fully saturated rings. The van der Waals surface area contributed by atoms with Gasteiger partial charge in [-0.25, -0.2) is 0 Å². The van der Waals surface area contributed by atoms with Gasteiger partial charge in [0.1, 0.15) is 0 Å². The maximum atomic E-state index is 12.1. The Bertz CT molecular complexity index is 703. The lowest BCUT2D eigenvalue weighted by Crippen LogP contribution is -2.27. The van der Waals surface area contributed by atoms with Gasteiger partial charge in [-0.2, -0.15) is 11.8 Å². The summed E-state index contributed by atoms with van der Waals surface area (Å²) in [5, 5.41) is 2.96. The average molecular weight is 359 g/mol. The number of amides is 1. The van der Waals surface area contributed by atoms with Gasteiger partial charge in [0, 0.05) is 18.1 Å². The number of methoxy groups -OCH3 is 2. The van der Waals surface area contributed by atoms with E-state index in [1.54, 1.807) is 14.2 Å². The molecule has 0 saturated carbocycles. The van der Waals surface area contributed by atoms with Gasteiger partial charge in [-0.1, -0.05) is 35.9 Å². The van der Waals surface area contributed by atoms with Gasteiger partial charge in [-0.15, -0.1) is 0 Å². The minimum atomic E-state index is 0.0170. The van der Waals surface area contributed by atoms with Crippen LogP contribution in [0.4, 0.5) is 0 Å². The highest BCUT2D eigenvalue weighted by atomic mass is 32.2. The van der Waals surface area contributed by atoms with Crippen LogP contribution in [-0.2, 0) is 17.0 Å². The zero-order valence-electron chi connectivity index (χ0n) is 15.0. The second-order valence-corrected chi connectivity index (χ2v) is 6.86. The van der Waals surface area contributed by atoms with E-state index in [9.17, 15) is 4.79 Å². The molecule has 5 heteroatoms. The van der Waals surface area contributed by atoms with Gasteiger partial charge in [0.15, 0.2) is 11.5 Å². The lowest BCUT2D eigenvalue weighted by Gasteiger charge is -2.10. The smallest absolute Gasteiger partial charge is 0.224 e. The van der Waals surface area contributed by atoms with Crippen LogP contribution in [0.5, 0.6) is 11.5 Å². The van der Waals surface area contributed by atoms with E-state index in [4.69, 9.17) is 9.47 Å². The van der Waals surface area contributed by atoms with Gasteiger partial charge in [0.25, 0.3) is 0 Å². The Morgan fingerprint density at radius 3 is 2.56 bits per heavy atom. The van der Waals surface area contributed by atoms with Crippen molar-refractivity contribution in [2.45, 2.75) is 19.1 Å². The normalized spacial score (nSPS) is 10.4. The van der Waals surface area contributed by atoms with Gasteiger partial charge >= 0.3 is 0 Å². The van der Waals surface area contributed by atoms with Gasteiger partial charge in [0.2, 0.25) is 5.91 Å². The molecule has 0 heterocycles. The van der Waals surface area contributed by atoms with Crippen molar-refractivity contribution >= 4 is 17.7 Å². The zero-order chi connectivity index (χ0) is 18.1. The molecule has 25 heavy (non-hydrogen) atoms. The number of benzene rings is 2. The summed E-state index contributed by atoms with van der Waals surface area (Å²) in [6.45, 7) is 2.77. The Labute approximate surface area is 153 Å². The number of hydrogen-bond donors (Lipinski definition) is 1. The second kappa shape index (κ2) is 9.99. The van der Waals surface area contributed by atoms with E-state index in [2.05, 4.69) is 36.5 Å². The van der Waals surface area contributed by atoms with Crippen molar-refractivity contribution in [3.8, 4) is 11.5 Å². The van der Waals surface area contributed by atoms with E-state index in [0.29, 0.717) is 24.5 Å². The Morgan fingerprint density at radius 1 is 1.04 bits per heavy atom. The van der Waals surface area contributed by atoms with Crippen LogP contribution in [0.2, 0.25) is 0 Å². The van der Waals surface area contributed by atoms with E-state index in [0.717, 1.165) is 17.1 Å². The van der Waals surface area contributed by atoms with E-state index >= 15 is 0 Å². The number of hydrogen-bond acceptors (Lipinski definition) is 4. The molecule has 2 rings (SSSR count). The topological polar surface area (TPSA) is 47.6 Å². The number of carbonyl (C=O) groups excluding carboxylic acids is 1. The van der Waals surface area contributed by atoms with Crippen LogP contribution in [0, 0.1) is 6.92 Å². The second-order valence-electron chi connectivity index (χ2n) is 5.76. The summed E-state index contributed by atoms with van der Waals surface area (Å²) in [6.07, 6.45) is 0.336. The largest absolute Gasteiger partial charge is 0.493 e. The monoisotopic (exact) mass is 359 g/mol. The Kier molecular flexibility index (Phi) is 7.67. The molecule has 0 aliphatic heterocycles. The van der Waals surface area contributed by atoms with Crippen molar-refractivity contribution in [1.29, 1.82) is 0 Å². The third-order valence-corrected chi connectivity index (χ3v) is 4.76. The number of thioether (sulfide) groups is 1. The fraction of sp³-hybridized carbons (Fsp3) is 0.350. The van der Waals surface area contributed by atoms with Crippen LogP contribution in [-0.4, -0.2) is 32.4 Å². The van der Waals surface area contributed by atoms with Crippen molar-refractivity contribution in [2.75, 3.05) is 26.5 Å². The standard InChI is InChI=1S/C20H25NO3S/c1-15-5-4-6-17(11-15)14-25-10-9-21-20(22)13-16-7-8-18(23-2)19(12-16)24-3/h4-8,11-12H,9-10,13-14H2,1-3H3,(H,21,22).